The Morgan fingerprint density at radius 3 is 2.35 bits per heavy atom. The molecule has 3 aromatic carbocycles. The zero-order valence-corrected chi connectivity index (χ0v) is 18.6. The fourth-order valence-electron chi connectivity index (χ4n) is 3.73. The largest absolute Gasteiger partial charge is 0.489 e. The Balaban J connectivity index is 1.73. The van der Waals surface area contributed by atoms with Gasteiger partial charge in [-0.25, -0.2) is 4.39 Å². The second kappa shape index (κ2) is 10.3. The summed E-state index contributed by atoms with van der Waals surface area (Å²) in [6, 6.07) is 19.8. The van der Waals surface area contributed by atoms with Crippen LogP contribution in [0.1, 0.15) is 58.9 Å². The number of halogens is 1. The highest BCUT2D eigenvalue weighted by Crippen LogP contribution is 2.24. The summed E-state index contributed by atoms with van der Waals surface area (Å²) in [4.78, 5) is 13.0. The highest BCUT2D eigenvalue weighted by atomic mass is 19.1. The molecule has 0 aromatic heterocycles. The Labute approximate surface area is 184 Å². The van der Waals surface area contributed by atoms with E-state index in [2.05, 4.69) is 51.2 Å². The maximum atomic E-state index is 13.3. The Morgan fingerprint density at radius 1 is 0.968 bits per heavy atom. The summed E-state index contributed by atoms with van der Waals surface area (Å²) in [5.74, 6) is 0.449. The van der Waals surface area contributed by atoms with E-state index >= 15 is 0 Å². The van der Waals surface area contributed by atoms with Crippen LogP contribution in [0.3, 0.4) is 0 Å². The monoisotopic (exact) mass is 419 g/mol. The molecule has 0 saturated heterocycles. The first-order valence-electron chi connectivity index (χ1n) is 10.7. The molecule has 0 radical (unpaired) electrons. The number of amides is 1. The van der Waals surface area contributed by atoms with Gasteiger partial charge in [-0.3, -0.25) is 4.79 Å². The molecule has 3 rings (SSSR count). The molecule has 1 N–H and O–H groups in total. The van der Waals surface area contributed by atoms with Gasteiger partial charge in [-0.1, -0.05) is 61.4 Å². The smallest absolute Gasteiger partial charge is 0.251 e. The van der Waals surface area contributed by atoms with Crippen LogP contribution in [0.5, 0.6) is 5.75 Å². The molecule has 1 atom stereocenters. The van der Waals surface area contributed by atoms with Crippen LogP contribution < -0.4 is 10.1 Å². The molecule has 1 amide bonds. The fourth-order valence-corrected chi connectivity index (χ4v) is 3.73. The standard InChI is InChI=1S/C27H30FNO2/c1-18(2)11-26(23-13-19(3)12-20(4)14-23)29-27(30)22-8-5-7-21(15-22)17-31-25-10-6-9-24(28)16-25/h5-10,12-16,18,26H,11,17H2,1-4H3,(H,29,30). The van der Waals surface area contributed by atoms with Crippen LogP contribution in [0.15, 0.2) is 66.7 Å². The minimum atomic E-state index is -0.340. The highest BCUT2D eigenvalue weighted by Gasteiger charge is 2.18. The molecule has 0 saturated carbocycles. The first-order valence-corrected chi connectivity index (χ1v) is 10.7. The molecular formula is C27H30FNO2. The van der Waals surface area contributed by atoms with Gasteiger partial charge in [-0.2, -0.15) is 0 Å². The van der Waals surface area contributed by atoms with Crippen LogP contribution in [0, 0.1) is 25.6 Å². The van der Waals surface area contributed by atoms with Crippen LogP contribution in [-0.2, 0) is 6.61 Å². The number of hydrogen-bond acceptors (Lipinski definition) is 2. The zero-order valence-electron chi connectivity index (χ0n) is 18.6. The lowest BCUT2D eigenvalue weighted by molar-refractivity contribution is 0.0931. The Kier molecular flexibility index (Phi) is 7.45. The third-order valence-electron chi connectivity index (χ3n) is 5.05. The van der Waals surface area contributed by atoms with Crippen LogP contribution in [0.2, 0.25) is 0 Å². The zero-order chi connectivity index (χ0) is 22.4. The van der Waals surface area contributed by atoms with Crippen molar-refractivity contribution < 1.29 is 13.9 Å². The second-order valence-corrected chi connectivity index (χ2v) is 8.52. The van der Waals surface area contributed by atoms with Crippen molar-refractivity contribution in [3.63, 3.8) is 0 Å². The lowest BCUT2D eigenvalue weighted by Crippen LogP contribution is -2.29. The van der Waals surface area contributed by atoms with Gasteiger partial charge in [-0.15, -0.1) is 0 Å². The summed E-state index contributed by atoms with van der Waals surface area (Å²) >= 11 is 0. The maximum absolute atomic E-state index is 13.3. The van der Waals surface area contributed by atoms with E-state index in [1.54, 1.807) is 18.2 Å². The average molecular weight is 420 g/mol. The van der Waals surface area contributed by atoms with Crippen molar-refractivity contribution in [2.45, 2.75) is 46.8 Å². The predicted molar refractivity (Wildman–Crippen MR) is 123 cm³/mol. The predicted octanol–water partition coefficient (Wildman–Crippen LogP) is 6.54. The summed E-state index contributed by atoms with van der Waals surface area (Å²) in [5.41, 5.74) is 4.94. The van der Waals surface area contributed by atoms with Crippen LogP contribution in [0.25, 0.3) is 0 Å². The Bertz CT molecular complexity index is 1020. The van der Waals surface area contributed by atoms with E-state index in [0.717, 1.165) is 17.5 Å². The van der Waals surface area contributed by atoms with Crippen molar-refractivity contribution in [3.8, 4) is 5.75 Å². The van der Waals surface area contributed by atoms with Gasteiger partial charge >= 0.3 is 0 Å². The van der Waals surface area contributed by atoms with Gasteiger partial charge in [0.1, 0.15) is 18.2 Å². The third kappa shape index (κ3) is 6.68. The first kappa shape index (κ1) is 22.5. The van der Waals surface area contributed by atoms with E-state index in [1.807, 2.05) is 18.2 Å². The quantitative estimate of drug-likeness (QED) is 0.450. The topological polar surface area (TPSA) is 38.3 Å². The van der Waals surface area contributed by atoms with Gasteiger partial charge < -0.3 is 10.1 Å². The lowest BCUT2D eigenvalue weighted by atomic mass is 9.94. The molecule has 162 valence electrons. The molecule has 0 aliphatic rings. The number of benzene rings is 3. The molecule has 4 heteroatoms. The number of hydrogen-bond donors (Lipinski definition) is 1. The first-order chi connectivity index (χ1) is 14.8. The van der Waals surface area contributed by atoms with E-state index in [-0.39, 0.29) is 24.4 Å². The Morgan fingerprint density at radius 2 is 1.68 bits per heavy atom. The van der Waals surface area contributed by atoms with Crippen molar-refractivity contribution in [1.29, 1.82) is 0 Å². The summed E-state index contributed by atoms with van der Waals surface area (Å²) in [7, 11) is 0. The fraction of sp³-hybridized carbons (Fsp3) is 0.296. The van der Waals surface area contributed by atoms with Gasteiger partial charge in [0, 0.05) is 11.6 Å². The van der Waals surface area contributed by atoms with Crippen molar-refractivity contribution in [1.82, 2.24) is 5.32 Å². The lowest BCUT2D eigenvalue weighted by Gasteiger charge is -2.22. The minimum absolute atomic E-state index is 0.0571. The molecule has 0 spiro atoms. The molecule has 31 heavy (non-hydrogen) atoms. The third-order valence-corrected chi connectivity index (χ3v) is 5.05. The van der Waals surface area contributed by atoms with Crippen LogP contribution >= 0.6 is 0 Å². The van der Waals surface area contributed by atoms with Crippen molar-refractivity contribution in [2.75, 3.05) is 0 Å². The SMILES string of the molecule is Cc1cc(C)cc(C(CC(C)C)NC(=O)c2cccc(COc3cccc(F)c3)c2)c1. The van der Waals surface area contributed by atoms with Gasteiger partial charge in [-0.05, 0) is 61.6 Å². The van der Waals surface area contributed by atoms with Crippen LogP contribution in [-0.4, -0.2) is 5.91 Å². The van der Waals surface area contributed by atoms with Crippen molar-refractivity contribution in [2.24, 2.45) is 5.92 Å². The van der Waals surface area contributed by atoms with Gasteiger partial charge in [0.05, 0.1) is 6.04 Å². The van der Waals surface area contributed by atoms with Crippen molar-refractivity contribution in [3.05, 3.63) is 100 Å². The highest BCUT2D eigenvalue weighted by molar-refractivity contribution is 5.94. The van der Waals surface area contributed by atoms with Crippen molar-refractivity contribution >= 4 is 5.91 Å². The number of carbonyl (C=O) groups excluding carboxylic acids is 1. The normalized spacial score (nSPS) is 11.9. The Hall–Kier alpha value is -3.14. The summed E-state index contributed by atoms with van der Waals surface area (Å²) in [6.07, 6.45) is 0.858. The number of carbonyl (C=O) groups is 1. The molecule has 0 fully saturated rings. The van der Waals surface area contributed by atoms with E-state index in [1.165, 1.54) is 23.3 Å². The van der Waals surface area contributed by atoms with E-state index in [0.29, 0.717) is 17.2 Å². The molecule has 0 heterocycles. The minimum Gasteiger partial charge on any atom is -0.489 e. The van der Waals surface area contributed by atoms with Gasteiger partial charge in [0.25, 0.3) is 5.91 Å². The summed E-state index contributed by atoms with van der Waals surface area (Å²) in [6.45, 7) is 8.73. The summed E-state index contributed by atoms with van der Waals surface area (Å²) < 4.78 is 19.0. The van der Waals surface area contributed by atoms with E-state index in [4.69, 9.17) is 4.74 Å². The maximum Gasteiger partial charge on any atom is 0.251 e. The van der Waals surface area contributed by atoms with Crippen LogP contribution in [0.4, 0.5) is 4.39 Å². The van der Waals surface area contributed by atoms with E-state index < -0.39 is 0 Å². The molecule has 0 bridgehead atoms. The molecule has 3 aromatic rings. The van der Waals surface area contributed by atoms with Gasteiger partial charge in [0.2, 0.25) is 0 Å². The number of ether oxygens (including phenoxy) is 1. The summed E-state index contributed by atoms with van der Waals surface area (Å²) in [5, 5.41) is 3.21. The molecule has 3 nitrogen and oxygen atoms in total. The van der Waals surface area contributed by atoms with E-state index in [9.17, 15) is 9.18 Å². The van der Waals surface area contributed by atoms with Gasteiger partial charge in [0.15, 0.2) is 0 Å². The molecule has 0 aliphatic heterocycles. The molecular weight excluding hydrogens is 389 g/mol. The molecule has 0 aliphatic carbocycles. The number of rotatable bonds is 8. The number of nitrogens with one attached hydrogen (secondary N) is 1. The molecule has 1 unspecified atom stereocenters. The number of aryl methyl sites for hydroxylation is 2. The average Bonchev–Trinajstić information content (AvgIpc) is 2.71. The second-order valence-electron chi connectivity index (χ2n) is 8.52.